The summed E-state index contributed by atoms with van der Waals surface area (Å²) in [7, 11) is 0. The van der Waals surface area contributed by atoms with Gasteiger partial charge in [0.2, 0.25) is 11.8 Å². The Morgan fingerprint density at radius 2 is 2.19 bits per heavy atom. The summed E-state index contributed by atoms with van der Waals surface area (Å²) in [5, 5.41) is 0. The van der Waals surface area contributed by atoms with Gasteiger partial charge in [0, 0.05) is 26.1 Å². The van der Waals surface area contributed by atoms with Crippen LogP contribution in [0, 0.1) is 5.82 Å². The lowest BCUT2D eigenvalue weighted by atomic mass is 10.1. The number of likely N-dealkylation sites (tertiary alicyclic amines) is 1. The molecular weight excluding hydrogens is 271 g/mol. The summed E-state index contributed by atoms with van der Waals surface area (Å²) in [6.07, 6.45) is 2.39. The van der Waals surface area contributed by atoms with Crippen LogP contribution in [0.5, 0.6) is 0 Å². The largest absolute Gasteiger partial charge is 0.337 e. The normalized spacial score (nSPS) is 15.1. The van der Waals surface area contributed by atoms with Gasteiger partial charge in [-0.3, -0.25) is 9.59 Å². The second-order valence-electron chi connectivity index (χ2n) is 5.31. The average Bonchev–Trinajstić information content (AvgIpc) is 2.47. The van der Waals surface area contributed by atoms with E-state index in [1.165, 1.54) is 12.1 Å². The van der Waals surface area contributed by atoms with E-state index in [1.807, 2.05) is 6.92 Å². The molecule has 1 fully saturated rings. The first-order chi connectivity index (χ1) is 10.1. The number of carbonyl (C=O) groups is 2. The van der Waals surface area contributed by atoms with E-state index in [1.54, 1.807) is 21.9 Å². The number of halogens is 1. The monoisotopic (exact) mass is 292 g/mol. The first kappa shape index (κ1) is 15.5. The Kier molecular flexibility index (Phi) is 5.31. The van der Waals surface area contributed by atoms with Crippen LogP contribution in [0.25, 0.3) is 0 Å². The molecule has 2 amide bonds. The van der Waals surface area contributed by atoms with Gasteiger partial charge < -0.3 is 9.80 Å². The van der Waals surface area contributed by atoms with E-state index in [-0.39, 0.29) is 24.2 Å². The quantitative estimate of drug-likeness (QED) is 0.834. The smallest absolute Gasteiger partial charge is 0.242 e. The van der Waals surface area contributed by atoms with E-state index in [0.717, 1.165) is 18.4 Å². The third-order valence-electron chi connectivity index (χ3n) is 3.74. The minimum Gasteiger partial charge on any atom is -0.337 e. The number of likely N-dealkylation sites (N-methyl/N-ethyl adjacent to an activating group) is 1. The van der Waals surface area contributed by atoms with Crippen molar-refractivity contribution in [1.29, 1.82) is 0 Å². The molecular formula is C16H21FN2O2. The number of carbonyl (C=O) groups excluding carboxylic acids is 2. The lowest BCUT2D eigenvalue weighted by Gasteiger charge is -2.29. The number of hydrogen-bond acceptors (Lipinski definition) is 2. The van der Waals surface area contributed by atoms with Gasteiger partial charge in [-0.25, -0.2) is 4.39 Å². The zero-order chi connectivity index (χ0) is 15.2. The van der Waals surface area contributed by atoms with E-state index in [9.17, 15) is 14.0 Å². The van der Waals surface area contributed by atoms with E-state index in [2.05, 4.69) is 0 Å². The third kappa shape index (κ3) is 4.28. The summed E-state index contributed by atoms with van der Waals surface area (Å²) in [5.41, 5.74) is 0.759. The Morgan fingerprint density at radius 3 is 2.86 bits per heavy atom. The predicted octanol–water partition coefficient (Wildman–Crippen LogP) is 2.19. The van der Waals surface area contributed by atoms with Crippen molar-refractivity contribution in [2.45, 2.75) is 32.7 Å². The van der Waals surface area contributed by atoms with Gasteiger partial charge in [0.25, 0.3) is 0 Å². The molecule has 1 saturated heterocycles. The van der Waals surface area contributed by atoms with Crippen LogP contribution in [0.3, 0.4) is 0 Å². The molecule has 1 aromatic carbocycles. The number of hydrogen-bond donors (Lipinski definition) is 0. The molecule has 0 bridgehead atoms. The van der Waals surface area contributed by atoms with Gasteiger partial charge in [0.1, 0.15) is 5.82 Å². The number of nitrogens with zero attached hydrogens (tertiary/aromatic N) is 2. The van der Waals surface area contributed by atoms with Crippen molar-refractivity contribution in [2.24, 2.45) is 0 Å². The van der Waals surface area contributed by atoms with E-state index in [0.29, 0.717) is 26.1 Å². The molecule has 114 valence electrons. The van der Waals surface area contributed by atoms with Crippen molar-refractivity contribution in [3.8, 4) is 0 Å². The van der Waals surface area contributed by atoms with Crippen molar-refractivity contribution in [3.63, 3.8) is 0 Å². The lowest BCUT2D eigenvalue weighted by molar-refractivity contribution is -0.142. The molecule has 1 heterocycles. The summed E-state index contributed by atoms with van der Waals surface area (Å²) in [4.78, 5) is 27.3. The van der Waals surface area contributed by atoms with Crippen LogP contribution in [0.1, 0.15) is 31.7 Å². The topological polar surface area (TPSA) is 40.6 Å². The molecule has 0 radical (unpaired) electrons. The van der Waals surface area contributed by atoms with Crippen molar-refractivity contribution in [3.05, 3.63) is 35.6 Å². The van der Waals surface area contributed by atoms with Crippen molar-refractivity contribution in [2.75, 3.05) is 19.6 Å². The van der Waals surface area contributed by atoms with Crippen LogP contribution in [0.2, 0.25) is 0 Å². The Hall–Kier alpha value is -1.91. The molecule has 2 rings (SSSR count). The van der Waals surface area contributed by atoms with Crippen molar-refractivity contribution >= 4 is 11.8 Å². The van der Waals surface area contributed by atoms with Gasteiger partial charge in [-0.15, -0.1) is 0 Å². The average molecular weight is 292 g/mol. The molecule has 0 aromatic heterocycles. The van der Waals surface area contributed by atoms with Crippen LogP contribution < -0.4 is 0 Å². The first-order valence-corrected chi connectivity index (χ1v) is 7.40. The van der Waals surface area contributed by atoms with Gasteiger partial charge in [-0.2, -0.15) is 0 Å². The van der Waals surface area contributed by atoms with Crippen molar-refractivity contribution in [1.82, 2.24) is 9.80 Å². The Bertz CT molecular complexity index is 519. The molecule has 0 unspecified atom stereocenters. The summed E-state index contributed by atoms with van der Waals surface area (Å²) in [6.45, 7) is 3.58. The SMILES string of the molecule is CCN(Cc1cccc(F)c1)C(=O)CN1CCCCC1=O. The number of benzene rings is 1. The number of amides is 2. The fraction of sp³-hybridized carbons (Fsp3) is 0.500. The van der Waals surface area contributed by atoms with Crippen LogP contribution in [0.15, 0.2) is 24.3 Å². The molecule has 0 spiro atoms. The highest BCUT2D eigenvalue weighted by molar-refractivity contribution is 5.85. The molecule has 5 heteroatoms. The molecule has 1 aliphatic heterocycles. The summed E-state index contributed by atoms with van der Waals surface area (Å²) >= 11 is 0. The second-order valence-corrected chi connectivity index (χ2v) is 5.31. The van der Waals surface area contributed by atoms with E-state index >= 15 is 0 Å². The summed E-state index contributed by atoms with van der Waals surface area (Å²) in [6, 6.07) is 6.25. The minimum atomic E-state index is -0.304. The molecule has 4 nitrogen and oxygen atoms in total. The number of piperidine rings is 1. The maximum Gasteiger partial charge on any atom is 0.242 e. The van der Waals surface area contributed by atoms with Crippen LogP contribution in [0.4, 0.5) is 4.39 Å². The predicted molar refractivity (Wildman–Crippen MR) is 77.9 cm³/mol. The van der Waals surface area contributed by atoms with Gasteiger partial charge >= 0.3 is 0 Å². The summed E-state index contributed by atoms with van der Waals surface area (Å²) < 4.78 is 13.2. The van der Waals surface area contributed by atoms with E-state index < -0.39 is 0 Å². The molecule has 21 heavy (non-hydrogen) atoms. The van der Waals surface area contributed by atoms with E-state index in [4.69, 9.17) is 0 Å². The van der Waals surface area contributed by atoms with Crippen LogP contribution in [-0.2, 0) is 16.1 Å². The maximum atomic E-state index is 13.2. The highest BCUT2D eigenvalue weighted by Gasteiger charge is 2.22. The standard InChI is InChI=1S/C16H21FN2O2/c1-2-18(11-13-6-5-7-14(17)10-13)16(21)12-19-9-4-3-8-15(19)20/h5-7,10H,2-4,8-9,11-12H2,1H3. The lowest BCUT2D eigenvalue weighted by Crippen LogP contribution is -2.44. The summed E-state index contributed by atoms with van der Waals surface area (Å²) in [5.74, 6) is -0.337. The molecule has 0 aliphatic carbocycles. The Balaban J connectivity index is 1.96. The van der Waals surface area contributed by atoms with Gasteiger partial charge in [-0.1, -0.05) is 12.1 Å². The molecule has 0 atom stereocenters. The Labute approximate surface area is 124 Å². The zero-order valence-corrected chi connectivity index (χ0v) is 12.3. The van der Waals surface area contributed by atoms with Gasteiger partial charge in [0.05, 0.1) is 6.54 Å². The molecule has 0 N–H and O–H groups in total. The zero-order valence-electron chi connectivity index (χ0n) is 12.3. The minimum absolute atomic E-state index is 0.0522. The highest BCUT2D eigenvalue weighted by Crippen LogP contribution is 2.12. The fourth-order valence-electron chi connectivity index (χ4n) is 2.52. The molecule has 1 aromatic rings. The Morgan fingerprint density at radius 1 is 1.38 bits per heavy atom. The first-order valence-electron chi connectivity index (χ1n) is 7.40. The third-order valence-corrected chi connectivity index (χ3v) is 3.74. The molecule has 1 aliphatic rings. The fourth-order valence-corrected chi connectivity index (χ4v) is 2.52. The van der Waals surface area contributed by atoms with Crippen molar-refractivity contribution < 1.29 is 14.0 Å². The second kappa shape index (κ2) is 7.20. The number of rotatable bonds is 5. The van der Waals surface area contributed by atoms with Crippen LogP contribution >= 0.6 is 0 Å². The van der Waals surface area contributed by atoms with Gasteiger partial charge in [0.15, 0.2) is 0 Å². The van der Waals surface area contributed by atoms with Crippen LogP contribution in [-0.4, -0.2) is 41.2 Å². The van der Waals surface area contributed by atoms with Gasteiger partial charge in [-0.05, 0) is 37.5 Å². The molecule has 0 saturated carbocycles. The highest BCUT2D eigenvalue weighted by atomic mass is 19.1. The maximum absolute atomic E-state index is 13.2.